The van der Waals surface area contributed by atoms with Gasteiger partial charge < -0.3 is 4.74 Å². The van der Waals surface area contributed by atoms with Crippen molar-refractivity contribution in [2.75, 3.05) is 0 Å². The number of carbonyl (C=O) groups is 1. The van der Waals surface area contributed by atoms with E-state index in [1.165, 1.54) is 39.0 Å². The molecule has 0 radical (unpaired) electrons. The number of hydrogen-bond donors (Lipinski definition) is 0. The Morgan fingerprint density at radius 1 is 1.06 bits per heavy atom. The molecule has 0 heterocycles. The van der Waals surface area contributed by atoms with Gasteiger partial charge in [-0.1, -0.05) is 45.3 Å². The third-order valence-electron chi connectivity index (χ3n) is 2.99. The molecule has 0 aromatic carbocycles. The largest absolute Gasteiger partial charge is 0.463 e. The zero-order valence-electron chi connectivity index (χ0n) is 12.4. The summed E-state index contributed by atoms with van der Waals surface area (Å²) in [5, 5.41) is 0. The Kier molecular flexibility index (Phi) is 12.1. The zero-order valence-corrected chi connectivity index (χ0v) is 12.4. The summed E-state index contributed by atoms with van der Waals surface area (Å²) < 4.78 is 5.30. The van der Waals surface area contributed by atoms with E-state index < -0.39 is 0 Å². The van der Waals surface area contributed by atoms with Crippen molar-refractivity contribution in [2.45, 2.75) is 84.7 Å². The molecule has 0 N–H and O–H groups in total. The topological polar surface area (TPSA) is 26.3 Å². The maximum absolute atomic E-state index is 10.9. The lowest BCUT2D eigenvalue weighted by Gasteiger charge is -2.15. The third kappa shape index (κ3) is 11.7. The van der Waals surface area contributed by atoms with Crippen LogP contribution in [-0.2, 0) is 9.53 Å². The average Bonchev–Trinajstić information content (AvgIpc) is 2.32. The molecular weight excluding hydrogens is 224 g/mol. The number of hydrogen-bond acceptors (Lipinski definition) is 2. The molecule has 0 aliphatic carbocycles. The molecule has 106 valence electrons. The van der Waals surface area contributed by atoms with Crippen LogP contribution in [0.5, 0.6) is 0 Å². The molecule has 0 aromatic heterocycles. The second-order valence-electron chi connectivity index (χ2n) is 4.89. The molecule has 0 fully saturated rings. The molecule has 0 aromatic rings. The number of carbonyl (C=O) groups excluding carboxylic acids is 1. The molecule has 0 spiro atoms. The van der Waals surface area contributed by atoms with E-state index in [-0.39, 0.29) is 12.1 Å². The van der Waals surface area contributed by atoms with Gasteiger partial charge in [0, 0.05) is 6.92 Å². The first-order chi connectivity index (χ1) is 8.70. The van der Waals surface area contributed by atoms with Crippen LogP contribution in [0.4, 0.5) is 0 Å². The van der Waals surface area contributed by atoms with Crippen molar-refractivity contribution in [3.05, 3.63) is 12.2 Å². The van der Waals surface area contributed by atoms with Crippen LogP contribution in [-0.4, -0.2) is 12.1 Å². The Balaban J connectivity index is 3.48. The van der Waals surface area contributed by atoms with Gasteiger partial charge in [0.05, 0.1) is 0 Å². The van der Waals surface area contributed by atoms with Crippen molar-refractivity contribution in [3.8, 4) is 0 Å². The first-order valence-corrected chi connectivity index (χ1v) is 7.52. The number of esters is 1. The number of rotatable bonds is 11. The summed E-state index contributed by atoms with van der Waals surface area (Å²) in [6, 6.07) is 0. The van der Waals surface area contributed by atoms with Crippen molar-refractivity contribution < 1.29 is 9.53 Å². The molecule has 0 aliphatic heterocycles. The highest BCUT2D eigenvalue weighted by molar-refractivity contribution is 5.66. The first kappa shape index (κ1) is 17.2. The zero-order chi connectivity index (χ0) is 13.6. The second-order valence-corrected chi connectivity index (χ2v) is 4.89. The second kappa shape index (κ2) is 12.7. The van der Waals surface area contributed by atoms with Crippen molar-refractivity contribution in [1.29, 1.82) is 0 Å². The van der Waals surface area contributed by atoms with Crippen LogP contribution in [0.3, 0.4) is 0 Å². The highest BCUT2D eigenvalue weighted by atomic mass is 16.5. The molecule has 0 amide bonds. The molecule has 1 unspecified atom stereocenters. The molecule has 18 heavy (non-hydrogen) atoms. The van der Waals surface area contributed by atoms with Gasteiger partial charge in [0.25, 0.3) is 0 Å². The number of allylic oxidation sites excluding steroid dienone is 2. The Hall–Kier alpha value is -0.790. The van der Waals surface area contributed by atoms with E-state index in [0.29, 0.717) is 0 Å². The van der Waals surface area contributed by atoms with Crippen molar-refractivity contribution in [2.24, 2.45) is 0 Å². The standard InChI is InChI=1S/C16H30O2/c1-4-6-7-8-9-10-11-12-14-16(13-5-2)18-15(3)17/h6-7,16H,4-5,8-14H2,1-3H3. The summed E-state index contributed by atoms with van der Waals surface area (Å²) in [5.41, 5.74) is 0. The summed E-state index contributed by atoms with van der Waals surface area (Å²) in [5.74, 6) is -0.141. The molecule has 0 aliphatic rings. The fraction of sp³-hybridized carbons (Fsp3) is 0.812. The predicted octanol–water partition coefficient (Wildman–Crippen LogP) is 5.03. The van der Waals surface area contributed by atoms with E-state index in [1.54, 1.807) is 0 Å². The highest BCUT2D eigenvalue weighted by Gasteiger charge is 2.09. The van der Waals surface area contributed by atoms with Gasteiger partial charge in [-0.2, -0.15) is 0 Å². The summed E-state index contributed by atoms with van der Waals surface area (Å²) in [6.45, 7) is 5.80. The maximum atomic E-state index is 10.9. The number of ether oxygens (including phenoxy) is 1. The molecule has 0 saturated heterocycles. The molecule has 2 nitrogen and oxygen atoms in total. The lowest BCUT2D eigenvalue weighted by molar-refractivity contribution is -0.147. The monoisotopic (exact) mass is 254 g/mol. The van der Waals surface area contributed by atoms with Crippen LogP contribution in [0.1, 0.15) is 78.6 Å². The Labute approximate surface area is 113 Å². The fourth-order valence-electron chi connectivity index (χ4n) is 2.09. The van der Waals surface area contributed by atoms with Gasteiger partial charge >= 0.3 is 5.97 Å². The van der Waals surface area contributed by atoms with Crippen LogP contribution in [0, 0.1) is 0 Å². The van der Waals surface area contributed by atoms with Crippen LogP contribution in [0.2, 0.25) is 0 Å². The van der Waals surface area contributed by atoms with E-state index in [0.717, 1.165) is 25.7 Å². The molecule has 0 rings (SSSR count). The van der Waals surface area contributed by atoms with Crippen LogP contribution in [0.25, 0.3) is 0 Å². The van der Waals surface area contributed by atoms with Crippen LogP contribution in [0.15, 0.2) is 12.2 Å². The van der Waals surface area contributed by atoms with Gasteiger partial charge in [-0.3, -0.25) is 4.79 Å². The third-order valence-corrected chi connectivity index (χ3v) is 2.99. The van der Waals surface area contributed by atoms with E-state index >= 15 is 0 Å². The minimum absolute atomic E-state index is 0.141. The van der Waals surface area contributed by atoms with Gasteiger partial charge in [-0.15, -0.1) is 0 Å². The average molecular weight is 254 g/mol. The van der Waals surface area contributed by atoms with Crippen LogP contribution < -0.4 is 0 Å². The molecule has 2 heteroatoms. The quantitative estimate of drug-likeness (QED) is 0.294. The minimum atomic E-state index is -0.141. The summed E-state index contributed by atoms with van der Waals surface area (Å²) in [7, 11) is 0. The van der Waals surface area contributed by atoms with Crippen molar-refractivity contribution in [1.82, 2.24) is 0 Å². The lowest BCUT2D eigenvalue weighted by atomic mass is 10.0. The predicted molar refractivity (Wildman–Crippen MR) is 77.6 cm³/mol. The normalized spacial score (nSPS) is 12.8. The summed E-state index contributed by atoms with van der Waals surface area (Å²) >= 11 is 0. The Morgan fingerprint density at radius 3 is 2.39 bits per heavy atom. The molecule has 1 atom stereocenters. The van der Waals surface area contributed by atoms with E-state index in [2.05, 4.69) is 26.0 Å². The lowest BCUT2D eigenvalue weighted by Crippen LogP contribution is -2.15. The Morgan fingerprint density at radius 2 is 1.78 bits per heavy atom. The van der Waals surface area contributed by atoms with Gasteiger partial charge in [0.15, 0.2) is 0 Å². The fourth-order valence-corrected chi connectivity index (χ4v) is 2.09. The number of unbranched alkanes of at least 4 members (excludes halogenated alkanes) is 4. The molecule has 0 bridgehead atoms. The van der Waals surface area contributed by atoms with Gasteiger partial charge in [-0.25, -0.2) is 0 Å². The van der Waals surface area contributed by atoms with Crippen molar-refractivity contribution >= 4 is 5.97 Å². The molecule has 0 saturated carbocycles. The van der Waals surface area contributed by atoms with Gasteiger partial charge in [-0.05, 0) is 38.5 Å². The molecular formula is C16H30O2. The van der Waals surface area contributed by atoms with Crippen molar-refractivity contribution in [3.63, 3.8) is 0 Å². The maximum Gasteiger partial charge on any atom is 0.302 e. The SMILES string of the molecule is CCC=CCCCCCCC(CCC)OC(C)=O. The van der Waals surface area contributed by atoms with E-state index in [4.69, 9.17) is 4.74 Å². The van der Waals surface area contributed by atoms with Gasteiger partial charge in [0.2, 0.25) is 0 Å². The summed E-state index contributed by atoms with van der Waals surface area (Å²) in [4.78, 5) is 10.9. The summed E-state index contributed by atoms with van der Waals surface area (Å²) in [6.07, 6.45) is 15.1. The van der Waals surface area contributed by atoms with Crippen LogP contribution >= 0.6 is 0 Å². The smallest absolute Gasteiger partial charge is 0.302 e. The highest BCUT2D eigenvalue weighted by Crippen LogP contribution is 2.13. The Bertz CT molecular complexity index is 221. The first-order valence-electron chi connectivity index (χ1n) is 7.52. The van der Waals surface area contributed by atoms with E-state index in [1.807, 2.05) is 0 Å². The van der Waals surface area contributed by atoms with E-state index in [9.17, 15) is 4.79 Å². The minimum Gasteiger partial charge on any atom is -0.463 e. The van der Waals surface area contributed by atoms with Gasteiger partial charge in [0.1, 0.15) is 6.10 Å².